The van der Waals surface area contributed by atoms with Crippen LogP contribution in [0.3, 0.4) is 0 Å². The van der Waals surface area contributed by atoms with Gasteiger partial charge >= 0.3 is 0 Å². The summed E-state index contributed by atoms with van der Waals surface area (Å²) in [6.07, 6.45) is 2.70. The van der Waals surface area contributed by atoms with Gasteiger partial charge in [0, 0.05) is 25.7 Å². The minimum absolute atomic E-state index is 0.795. The maximum atomic E-state index is 4.08. The van der Waals surface area contributed by atoms with E-state index in [4.69, 9.17) is 0 Å². The smallest absolute Gasteiger partial charge is 0.113 e. The lowest BCUT2D eigenvalue weighted by Gasteiger charge is -2.05. The summed E-state index contributed by atoms with van der Waals surface area (Å²) in [4.78, 5) is 0. The van der Waals surface area contributed by atoms with Gasteiger partial charge in [-0.15, -0.1) is 0 Å². The van der Waals surface area contributed by atoms with Crippen molar-refractivity contribution in [3.63, 3.8) is 0 Å². The molecule has 1 fully saturated rings. The van der Waals surface area contributed by atoms with E-state index in [0.717, 1.165) is 36.7 Å². The van der Waals surface area contributed by atoms with Crippen LogP contribution in [0, 0.1) is 0 Å². The molecule has 0 atom stereocenters. The van der Waals surface area contributed by atoms with E-state index in [1.54, 1.807) is 0 Å². The molecule has 0 spiro atoms. The van der Waals surface area contributed by atoms with Crippen LogP contribution in [0.1, 0.15) is 18.4 Å². The number of H-pyrrole nitrogens is 1. The summed E-state index contributed by atoms with van der Waals surface area (Å²) >= 11 is 0. The summed E-state index contributed by atoms with van der Waals surface area (Å²) in [5.74, 6) is 0. The number of aromatic nitrogens is 3. The molecule has 5 heteroatoms. The molecule has 0 radical (unpaired) electrons. The SMILES string of the molecule is c1cc2n[nH]nc2cc1CNCCNC1CC1. The first-order valence-corrected chi connectivity index (χ1v) is 6.15. The third-order valence-corrected chi connectivity index (χ3v) is 3.02. The Morgan fingerprint density at radius 3 is 2.94 bits per heavy atom. The number of aromatic amines is 1. The van der Waals surface area contributed by atoms with E-state index in [1.807, 2.05) is 6.07 Å². The molecule has 0 bridgehead atoms. The van der Waals surface area contributed by atoms with E-state index < -0.39 is 0 Å². The minimum Gasteiger partial charge on any atom is -0.313 e. The Balaban J connectivity index is 1.46. The van der Waals surface area contributed by atoms with Crippen LogP contribution in [-0.2, 0) is 6.54 Å². The van der Waals surface area contributed by atoms with Gasteiger partial charge in [0.1, 0.15) is 11.0 Å². The number of fused-ring (bicyclic) bond motifs is 1. The molecule has 1 aliphatic rings. The van der Waals surface area contributed by atoms with Crippen molar-refractivity contribution < 1.29 is 0 Å². The van der Waals surface area contributed by atoms with Crippen molar-refractivity contribution in [2.45, 2.75) is 25.4 Å². The highest BCUT2D eigenvalue weighted by Gasteiger charge is 2.19. The predicted molar refractivity (Wildman–Crippen MR) is 66.6 cm³/mol. The second-order valence-corrected chi connectivity index (χ2v) is 4.55. The zero-order valence-corrected chi connectivity index (χ0v) is 9.74. The zero-order chi connectivity index (χ0) is 11.5. The van der Waals surface area contributed by atoms with Crippen molar-refractivity contribution in [2.75, 3.05) is 13.1 Å². The van der Waals surface area contributed by atoms with Gasteiger partial charge in [0.25, 0.3) is 0 Å². The van der Waals surface area contributed by atoms with E-state index >= 15 is 0 Å². The Bertz CT molecular complexity index is 488. The summed E-state index contributed by atoms with van der Waals surface area (Å²) in [5, 5.41) is 17.6. The Kier molecular flexibility index (Phi) is 3.02. The fraction of sp³-hybridized carbons (Fsp3) is 0.500. The fourth-order valence-electron chi connectivity index (χ4n) is 1.88. The van der Waals surface area contributed by atoms with Crippen molar-refractivity contribution in [1.82, 2.24) is 26.0 Å². The lowest BCUT2D eigenvalue weighted by atomic mass is 10.2. The molecule has 1 aromatic carbocycles. The number of benzene rings is 1. The topological polar surface area (TPSA) is 65.6 Å². The van der Waals surface area contributed by atoms with Gasteiger partial charge in [0.05, 0.1) is 0 Å². The molecule has 1 aromatic heterocycles. The van der Waals surface area contributed by atoms with E-state index in [-0.39, 0.29) is 0 Å². The highest BCUT2D eigenvalue weighted by molar-refractivity contribution is 5.74. The highest BCUT2D eigenvalue weighted by Crippen LogP contribution is 2.17. The van der Waals surface area contributed by atoms with E-state index in [1.165, 1.54) is 18.4 Å². The molecular weight excluding hydrogens is 214 g/mol. The quantitative estimate of drug-likeness (QED) is 0.643. The molecule has 0 unspecified atom stereocenters. The van der Waals surface area contributed by atoms with Gasteiger partial charge in [-0.05, 0) is 30.5 Å². The Morgan fingerprint density at radius 1 is 1.18 bits per heavy atom. The first-order valence-electron chi connectivity index (χ1n) is 6.15. The van der Waals surface area contributed by atoms with Crippen molar-refractivity contribution in [3.8, 4) is 0 Å². The van der Waals surface area contributed by atoms with E-state index in [9.17, 15) is 0 Å². The number of nitrogens with one attached hydrogen (secondary N) is 3. The second-order valence-electron chi connectivity index (χ2n) is 4.55. The molecule has 17 heavy (non-hydrogen) atoms. The van der Waals surface area contributed by atoms with Crippen LogP contribution in [0.2, 0.25) is 0 Å². The molecule has 0 amide bonds. The maximum Gasteiger partial charge on any atom is 0.113 e. The molecule has 0 saturated heterocycles. The third-order valence-electron chi connectivity index (χ3n) is 3.02. The molecular formula is C12H17N5. The molecule has 3 N–H and O–H groups in total. The average molecular weight is 231 g/mol. The molecule has 1 saturated carbocycles. The number of nitrogens with zero attached hydrogens (tertiary/aromatic N) is 2. The van der Waals surface area contributed by atoms with E-state index in [0.29, 0.717) is 0 Å². The van der Waals surface area contributed by atoms with Crippen molar-refractivity contribution in [2.24, 2.45) is 0 Å². The zero-order valence-electron chi connectivity index (χ0n) is 9.74. The van der Waals surface area contributed by atoms with Crippen LogP contribution in [-0.4, -0.2) is 34.5 Å². The highest BCUT2D eigenvalue weighted by atomic mass is 15.3. The van der Waals surface area contributed by atoms with Gasteiger partial charge < -0.3 is 10.6 Å². The van der Waals surface area contributed by atoms with Gasteiger partial charge in [-0.3, -0.25) is 0 Å². The minimum atomic E-state index is 0.795. The standard InChI is InChI=1S/C12H17N5/c1-4-11-12(16-17-15-11)7-9(1)8-13-5-6-14-10-2-3-10/h1,4,7,10,13-14H,2-3,5-6,8H2,(H,15,16,17). The summed E-state index contributed by atoms with van der Waals surface area (Å²) < 4.78 is 0. The van der Waals surface area contributed by atoms with Crippen LogP contribution >= 0.6 is 0 Å². The first kappa shape index (κ1) is 10.7. The fourth-order valence-corrected chi connectivity index (χ4v) is 1.88. The molecule has 1 heterocycles. The van der Waals surface area contributed by atoms with Gasteiger partial charge in [-0.2, -0.15) is 15.4 Å². The Labute approximate surface area is 100.0 Å². The lowest BCUT2D eigenvalue weighted by Crippen LogP contribution is -2.28. The van der Waals surface area contributed by atoms with Crippen molar-refractivity contribution >= 4 is 11.0 Å². The predicted octanol–water partition coefficient (Wildman–Crippen LogP) is 0.799. The molecule has 1 aliphatic carbocycles. The summed E-state index contributed by atoms with van der Waals surface area (Å²) in [6.45, 7) is 2.94. The lowest BCUT2D eigenvalue weighted by molar-refractivity contribution is 0.609. The molecule has 2 aromatic rings. The maximum absolute atomic E-state index is 4.08. The summed E-state index contributed by atoms with van der Waals surface area (Å²) in [6, 6.07) is 6.95. The normalized spacial score (nSPS) is 15.5. The van der Waals surface area contributed by atoms with Crippen LogP contribution in [0.15, 0.2) is 18.2 Å². The van der Waals surface area contributed by atoms with Crippen LogP contribution < -0.4 is 10.6 Å². The summed E-state index contributed by atoms with van der Waals surface area (Å²) in [5.41, 5.74) is 3.10. The first-order chi connectivity index (χ1) is 8.42. The van der Waals surface area contributed by atoms with Gasteiger partial charge in [-0.1, -0.05) is 6.07 Å². The van der Waals surface area contributed by atoms with Crippen molar-refractivity contribution in [3.05, 3.63) is 23.8 Å². The van der Waals surface area contributed by atoms with E-state index in [2.05, 4.69) is 38.2 Å². The van der Waals surface area contributed by atoms with Gasteiger partial charge in [0.2, 0.25) is 0 Å². The number of hydrogen-bond acceptors (Lipinski definition) is 4. The average Bonchev–Trinajstić information content (AvgIpc) is 3.05. The Hall–Kier alpha value is -1.46. The van der Waals surface area contributed by atoms with Crippen LogP contribution in [0.5, 0.6) is 0 Å². The van der Waals surface area contributed by atoms with Crippen molar-refractivity contribution in [1.29, 1.82) is 0 Å². The second kappa shape index (κ2) is 4.81. The number of hydrogen-bond donors (Lipinski definition) is 3. The van der Waals surface area contributed by atoms with Crippen LogP contribution in [0.4, 0.5) is 0 Å². The molecule has 90 valence electrons. The summed E-state index contributed by atoms with van der Waals surface area (Å²) in [7, 11) is 0. The molecule has 5 nitrogen and oxygen atoms in total. The molecule has 3 rings (SSSR count). The van der Waals surface area contributed by atoms with Gasteiger partial charge in [-0.25, -0.2) is 0 Å². The number of rotatable bonds is 6. The Morgan fingerprint density at radius 2 is 2.06 bits per heavy atom. The monoisotopic (exact) mass is 231 g/mol. The third kappa shape index (κ3) is 2.81. The molecule has 0 aliphatic heterocycles. The largest absolute Gasteiger partial charge is 0.313 e. The van der Waals surface area contributed by atoms with Gasteiger partial charge in [0.15, 0.2) is 0 Å². The van der Waals surface area contributed by atoms with Crippen LogP contribution in [0.25, 0.3) is 11.0 Å².